The van der Waals surface area contributed by atoms with Gasteiger partial charge in [0.1, 0.15) is 0 Å². The Morgan fingerprint density at radius 1 is 0.267 bits per heavy atom. The van der Waals surface area contributed by atoms with E-state index in [4.69, 9.17) is 0 Å². The highest BCUT2D eigenvalue weighted by molar-refractivity contribution is 7.25. The summed E-state index contributed by atoms with van der Waals surface area (Å²) in [6.07, 6.45) is 0. The molecule has 1 aromatic heterocycles. The molecule has 0 fully saturated rings. The number of thiophene rings is 1. The normalized spacial score (nSPS) is 11.3. The highest BCUT2D eigenvalue weighted by atomic mass is 32.1. The Bertz CT molecular complexity index is 3220. The number of anilines is 3. The predicted molar refractivity (Wildman–Crippen MR) is 259 cm³/mol. The van der Waals surface area contributed by atoms with Gasteiger partial charge in [-0.15, -0.1) is 11.3 Å². The summed E-state index contributed by atoms with van der Waals surface area (Å²) in [5.41, 5.74) is 15.5. The molecule has 0 saturated carbocycles. The van der Waals surface area contributed by atoms with Crippen LogP contribution in [-0.4, -0.2) is 0 Å². The van der Waals surface area contributed by atoms with Crippen LogP contribution < -0.4 is 4.90 Å². The second-order valence-electron chi connectivity index (χ2n) is 15.2. The topological polar surface area (TPSA) is 3.24 Å². The number of hydrogen-bond acceptors (Lipinski definition) is 2. The monoisotopic (exact) mass is 781 g/mol. The fraction of sp³-hybridized carbons (Fsp3) is 0. The number of hydrogen-bond donors (Lipinski definition) is 0. The number of fused-ring (bicyclic) bond motifs is 4. The maximum absolute atomic E-state index is 2.40. The zero-order valence-corrected chi connectivity index (χ0v) is 33.7. The minimum Gasteiger partial charge on any atom is -0.310 e. The summed E-state index contributed by atoms with van der Waals surface area (Å²) in [7, 11) is 0. The molecule has 0 saturated heterocycles. The molecular formula is C58H39NS. The van der Waals surface area contributed by atoms with Crippen LogP contribution in [0.4, 0.5) is 17.1 Å². The number of nitrogens with zero attached hydrogens (tertiary/aromatic N) is 1. The van der Waals surface area contributed by atoms with E-state index < -0.39 is 0 Å². The smallest absolute Gasteiger partial charge is 0.0476 e. The summed E-state index contributed by atoms with van der Waals surface area (Å²) >= 11 is 1.86. The lowest BCUT2D eigenvalue weighted by Crippen LogP contribution is -2.09. The van der Waals surface area contributed by atoms with Gasteiger partial charge in [0.05, 0.1) is 0 Å². The first-order valence-electron chi connectivity index (χ1n) is 20.5. The van der Waals surface area contributed by atoms with Gasteiger partial charge in [-0.3, -0.25) is 0 Å². The van der Waals surface area contributed by atoms with Gasteiger partial charge >= 0.3 is 0 Å². The van der Waals surface area contributed by atoms with Crippen LogP contribution in [0.15, 0.2) is 237 Å². The van der Waals surface area contributed by atoms with Crippen molar-refractivity contribution < 1.29 is 0 Å². The minimum atomic E-state index is 1.10. The van der Waals surface area contributed by atoms with Crippen molar-refractivity contribution in [2.75, 3.05) is 4.90 Å². The standard InChI is InChI=1S/C58H39NS/c1-4-15-40(16-5-1)50-24-14-25-51(41-17-6-2-7-18-41)58(50)45-29-34-47(35-30-45)59(48-36-38-54-53-23-12-13-26-55(53)60-56(54)39-48)46-32-27-43(28-33-46)52-37-31-42-19-10-11-22-49(42)57(52)44-20-8-3-9-21-44/h1-39H. The fourth-order valence-corrected chi connectivity index (χ4v) is 10.0. The Labute approximate surface area is 354 Å². The molecule has 11 rings (SSSR count). The molecule has 0 radical (unpaired) electrons. The van der Waals surface area contributed by atoms with E-state index >= 15 is 0 Å². The number of benzene rings is 10. The average molecular weight is 782 g/mol. The van der Waals surface area contributed by atoms with Crippen LogP contribution in [0.3, 0.4) is 0 Å². The van der Waals surface area contributed by atoms with Crippen molar-refractivity contribution in [3.8, 4) is 55.6 Å². The molecular weight excluding hydrogens is 743 g/mol. The molecule has 10 aromatic carbocycles. The van der Waals surface area contributed by atoms with Crippen molar-refractivity contribution in [1.82, 2.24) is 0 Å². The van der Waals surface area contributed by atoms with Crippen molar-refractivity contribution in [1.29, 1.82) is 0 Å². The molecule has 0 aliphatic rings. The van der Waals surface area contributed by atoms with Crippen LogP contribution >= 0.6 is 11.3 Å². The van der Waals surface area contributed by atoms with Gasteiger partial charge in [-0.05, 0) is 109 Å². The first kappa shape index (κ1) is 35.6. The first-order valence-corrected chi connectivity index (χ1v) is 21.3. The summed E-state index contributed by atoms with van der Waals surface area (Å²) < 4.78 is 2.58. The van der Waals surface area contributed by atoms with E-state index in [-0.39, 0.29) is 0 Å². The van der Waals surface area contributed by atoms with Crippen molar-refractivity contribution in [2.45, 2.75) is 0 Å². The van der Waals surface area contributed by atoms with Crippen LogP contribution in [0.1, 0.15) is 0 Å². The first-order chi connectivity index (χ1) is 29.8. The highest BCUT2D eigenvalue weighted by Gasteiger charge is 2.19. The Kier molecular flexibility index (Phi) is 9.11. The molecule has 60 heavy (non-hydrogen) atoms. The van der Waals surface area contributed by atoms with E-state index in [1.54, 1.807) is 0 Å². The Morgan fingerprint density at radius 2 is 0.733 bits per heavy atom. The van der Waals surface area contributed by atoms with E-state index in [0.29, 0.717) is 0 Å². The lowest BCUT2D eigenvalue weighted by Gasteiger charge is -2.26. The lowest BCUT2D eigenvalue weighted by molar-refractivity contribution is 1.29. The lowest BCUT2D eigenvalue weighted by atomic mass is 9.87. The fourth-order valence-electron chi connectivity index (χ4n) is 8.88. The Hall–Kier alpha value is -7.52. The van der Waals surface area contributed by atoms with Crippen LogP contribution in [-0.2, 0) is 0 Å². The molecule has 0 amide bonds. The van der Waals surface area contributed by atoms with Crippen molar-refractivity contribution in [2.24, 2.45) is 0 Å². The van der Waals surface area contributed by atoms with Gasteiger partial charge in [0, 0.05) is 37.2 Å². The molecule has 1 nitrogen and oxygen atoms in total. The van der Waals surface area contributed by atoms with Crippen LogP contribution in [0.25, 0.3) is 86.6 Å². The molecule has 0 aliphatic heterocycles. The van der Waals surface area contributed by atoms with Crippen LogP contribution in [0, 0.1) is 0 Å². The third-order valence-corrected chi connectivity index (χ3v) is 12.8. The molecule has 1 heterocycles. The predicted octanol–water partition coefficient (Wildman–Crippen LogP) is 17.0. The summed E-state index contributed by atoms with van der Waals surface area (Å²) in [4.78, 5) is 2.40. The van der Waals surface area contributed by atoms with Gasteiger partial charge < -0.3 is 4.90 Å². The van der Waals surface area contributed by atoms with Gasteiger partial charge in [-0.2, -0.15) is 0 Å². The van der Waals surface area contributed by atoms with E-state index in [2.05, 4.69) is 241 Å². The van der Waals surface area contributed by atoms with Gasteiger partial charge in [-0.25, -0.2) is 0 Å². The molecule has 0 unspecified atom stereocenters. The summed E-state index contributed by atoms with van der Waals surface area (Å²) in [6, 6.07) is 86.1. The van der Waals surface area contributed by atoms with E-state index in [9.17, 15) is 0 Å². The Balaban J connectivity index is 1.05. The van der Waals surface area contributed by atoms with Crippen molar-refractivity contribution in [3.05, 3.63) is 237 Å². The SMILES string of the molecule is c1ccc(-c2cccc(-c3ccccc3)c2-c2ccc(N(c3ccc(-c4ccc5ccccc5c4-c4ccccc4)cc3)c3ccc4c(c3)sc3ccccc34)cc2)cc1. The zero-order valence-electron chi connectivity index (χ0n) is 32.9. The second-order valence-corrected chi connectivity index (χ2v) is 16.3. The molecule has 0 spiro atoms. The van der Waals surface area contributed by atoms with Crippen molar-refractivity contribution in [3.63, 3.8) is 0 Å². The van der Waals surface area contributed by atoms with Crippen LogP contribution in [0.5, 0.6) is 0 Å². The average Bonchev–Trinajstić information content (AvgIpc) is 3.70. The molecule has 0 bridgehead atoms. The van der Waals surface area contributed by atoms with E-state index in [0.717, 1.165) is 17.1 Å². The number of rotatable bonds is 8. The third-order valence-electron chi connectivity index (χ3n) is 11.7. The summed E-state index contributed by atoms with van der Waals surface area (Å²) in [6.45, 7) is 0. The second kappa shape index (κ2) is 15.3. The molecule has 0 N–H and O–H groups in total. The zero-order chi connectivity index (χ0) is 39.8. The highest BCUT2D eigenvalue weighted by Crippen LogP contribution is 2.45. The largest absolute Gasteiger partial charge is 0.310 e. The summed E-state index contributed by atoms with van der Waals surface area (Å²) in [5.74, 6) is 0. The molecule has 282 valence electrons. The van der Waals surface area contributed by atoms with Gasteiger partial charge in [0.25, 0.3) is 0 Å². The molecule has 11 aromatic rings. The summed E-state index contributed by atoms with van der Waals surface area (Å²) in [5, 5.41) is 5.10. The maximum Gasteiger partial charge on any atom is 0.0476 e. The quantitative estimate of drug-likeness (QED) is 0.148. The molecule has 0 atom stereocenters. The third kappa shape index (κ3) is 6.44. The van der Waals surface area contributed by atoms with Crippen LogP contribution in [0.2, 0.25) is 0 Å². The minimum absolute atomic E-state index is 1.10. The van der Waals surface area contributed by atoms with E-state index in [1.165, 1.54) is 86.6 Å². The molecule has 0 aliphatic carbocycles. The van der Waals surface area contributed by atoms with Gasteiger partial charge in [0.2, 0.25) is 0 Å². The van der Waals surface area contributed by atoms with E-state index in [1.807, 2.05) is 11.3 Å². The maximum atomic E-state index is 2.40. The molecule has 2 heteroatoms. The Morgan fingerprint density at radius 3 is 1.38 bits per heavy atom. The van der Waals surface area contributed by atoms with Gasteiger partial charge in [0.15, 0.2) is 0 Å². The van der Waals surface area contributed by atoms with Gasteiger partial charge in [-0.1, -0.05) is 194 Å². The van der Waals surface area contributed by atoms with Crippen molar-refractivity contribution >= 4 is 59.3 Å².